The van der Waals surface area contributed by atoms with Crippen LogP contribution in [0.25, 0.3) is 0 Å². The Morgan fingerprint density at radius 3 is 2.62 bits per heavy atom. The molecule has 0 aromatic heterocycles. The van der Waals surface area contributed by atoms with Gasteiger partial charge in [-0.2, -0.15) is 0 Å². The van der Waals surface area contributed by atoms with Gasteiger partial charge in [0, 0.05) is 16.6 Å². The first-order valence-electron chi connectivity index (χ1n) is 9.31. The molecular weight excluding hydrogens is 481 g/mol. The predicted octanol–water partition coefficient (Wildman–Crippen LogP) is 5.30. The average molecular weight is 497 g/mol. The fourth-order valence-electron chi connectivity index (χ4n) is 4.85. The summed E-state index contributed by atoms with van der Waals surface area (Å²) in [5.74, 6) is 0.269. The number of amides is 1. The van der Waals surface area contributed by atoms with Crippen molar-refractivity contribution in [1.82, 2.24) is 0 Å². The quantitative estimate of drug-likeness (QED) is 0.461. The van der Waals surface area contributed by atoms with Gasteiger partial charge in [0.2, 0.25) is 5.91 Å². The van der Waals surface area contributed by atoms with Crippen molar-refractivity contribution < 1.29 is 19.1 Å². The summed E-state index contributed by atoms with van der Waals surface area (Å²) in [6, 6.07) is 12.0. The smallest absolute Gasteiger partial charge is 0.310 e. The highest BCUT2D eigenvalue weighted by Gasteiger charge is 2.67. The monoisotopic (exact) mass is 495 g/mol. The van der Waals surface area contributed by atoms with Crippen molar-refractivity contribution >= 4 is 56.7 Å². The Morgan fingerprint density at radius 2 is 1.90 bits per heavy atom. The molecule has 29 heavy (non-hydrogen) atoms. The zero-order valence-corrected chi connectivity index (χ0v) is 18.1. The Hall–Kier alpha value is -1.76. The maximum absolute atomic E-state index is 12.9. The zero-order valence-electron chi connectivity index (χ0n) is 15.0. The second-order valence-corrected chi connectivity index (χ2v) is 9.55. The number of fused-ring (bicyclic) bond motifs is 1. The Bertz CT molecular complexity index is 999. The van der Waals surface area contributed by atoms with Gasteiger partial charge in [-0.3, -0.25) is 9.59 Å². The molecule has 2 aromatic carbocycles. The van der Waals surface area contributed by atoms with Crippen LogP contribution in [0.2, 0.25) is 10.0 Å². The molecule has 0 radical (unpaired) electrons. The second kappa shape index (κ2) is 7.18. The van der Waals surface area contributed by atoms with E-state index in [0.717, 1.165) is 6.42 Å². The van der Waals surface area contributed by atoms with Crippen LogP contribution in [0.4, 0.5) is 5.69 Å². The lowest BCUT2D eigenvalue weighted by molar-refractivity contribution is -0.145. The van der Waals surface area contributed by atoms with Crippen molar-refractivity contribution in [3.63, 3.8) is 0 Å². The van der Waals surface area contributed by atoms with Crippen LogP contribution in [0.15, 0.2) is 42.5 Å². The summed E-state index contributed by atoms with van der Waals surface area (Å²) >= 11 is 15.7. The van der Waals surface area contributed by atoms with Crippen LogP contribution in [0.1, 0.15) is 6.42 Å². The fourth-order valence-corrected chi connectivity index (χ4v) is 6.34. The summed E-state index contributed by atoms with van der Waals surface area (Å²) in [7, 11) is 0. The number of alkyl halides is 1. The number of anilines is 1. The number of benzene rings is 2. The van der Waals surface area contributed by atoms with E-state index in [1.165, 1.54) is 0 Å². The molecular formula is C21H16BrCl2NO4. The molecule has 5 rings (SSSR count). The molecule has 1 amide bonds. The minimum absolute atomic E-state index is 0.0471. The lowest BCUT2D eigenvalue weighted by atomic mass is 9.79. The number of halogens is 3. The van der Waals surface area contributed by atoms with Crippen molar-refractivity contribution in [2.24, 2.45) is 23.7 Å². The van der Waals surface area contributed by atoms with Gasteiger partial charge in [0.1, 0.15) is 17.6 Å². The standard InChI is InChI=1S/C21H16BrCl2NO4/c22-18-12-8-13-17(21(27)29-19(13)18)16(12)20(26)25-10-2-4-11(5-3-10)28-15-6-1-9(23)7-14(15)24/h1-7,12-13,16-19H,8H2,(H,25,26)/t12-,13+,16-,17-,18+,19-/m0/s1. The Labute approximate surface area is 185 Å². The number of hydrogen-bond donors (Lipinski definition) is 1. The largest absolute Gasteiger partial charge is 0.461 e. The molecule has 150 valence electrons. The van der Waals surface area contributed by atoms with Crippen molar-refractivity contribution in [3.05, 3.63) is 52.5 Å². The molecule has 2 aliphatic carbocycles. The van der Waals surface area contributed by atoms with E-state index in [1.54, 1.807) is 42.5 Å². The van der Waals surface area contributed by atoms with Gasteiger partial charge in [0.25, 0.3) is 0 Å². The summed E-state index contributed by atoms with van der Waals surface area (Å²) < 4.78 is 11.2. The third kappa shape index (κ3) is 3.22. The number of hydrogen-bond acceptors (Lipinski definition) is 4. The van der Waals surface area contributed by atoms with Crippen LogP contribution in [0.5, 0.6) is 11.5 Å². The first-order valence-corrected chi connectivity index (χ1v) is 11.0. The molecule has 3 aliphatic rings. The molecule has 1 aliphatic heterocycles. The van der Waals surface area contributed by atoms with Crippen LogP contribution in [0, 0.1) is 23.7 Å². The van der Waals surface area contributed by atoms with Gasteiger partial charge < -0.3 is 14.8 Å². The summed E-state index contributed by atoms with van der Waals surface area (Å²) in [5, 5.41) is 3.88. The van der Waals surface area contributed by atoms with Crippen LogP contribution >= 0.6 is 39.1 Å². The number of carbonyl (C=O) groups excluding carboxylic acids is 2. The van der Waals surface area contributed by atoms with Gasteiger partial charge >= 0.3 is 5.97 Å². The van der Waals surface area contributed by atoms with Crippen molar-refractivity contribution in [3.8, 4) is 11.5 Å². The number of ether oxygens (including phenoxy) is 2. The second-order valence-electron chi connectivity index (χ2n) is 7.65. The zero-order chi connectivity index (χ0) is 20.3. The van der Waals surface area contributed by atoms with Gasteiger partial charge in [0.15, 0.2) is 0 Å². The van der Waals surface area contributed by atoms with Gasteiger partial charge in [-0.15, -0.1) is 0 Å². The molecule has 2 aromatic rings. The first-order chi connectivity index (χ1) is 13.9. The summed E-state index contributed by atoms with van der Waals surface area (Å²) in [6.45, 7) is 0. The molecule has 1 heterocycles. The topological polar surface area (TPSA) is 64.6 Å². The third-order valence-corrected chi connectivity index (χ3v) is 7.80. The Morgan fingerprint density at radius 1 is 1.14 bits per heavy atom. The minimum Gasteiger partial charge on any atom is -0.461 e. The van der Waals surface area contributed by atoms with E-state index in [9.17, 15) is 9.59 Å². The van der Waals surface area contributed by atoms with Gasteiger partial charge in [-0.05, 0) is 54.8 Å². The lowest BCUT2D eigenvalue weighted by Crippen LogP contribution is -2.40. The van der Waals surface area contributed by atoms with E-state index in [0.29, 0.717) is 27.2 Å². The highest BCUT2D eigenvalue weighted by Crippen LogP contribution is 2.60. The predicted molar refractivity (Wildman–Crippen MR) is 113 cm³/mol. The fraction of sp³-hybridized carbons (Fsp3) is 0.333. The average Bonchev–Trinajstić information content (AvgIpc) is 3.30. The molecule has 5 nitrogen and oxygen atoms in total. The van der Waals surface area contributed by atoms with Crippen molar-refractivity contribution in [2.45, 2.75) is 17.4 Å². The molecule has 2 saturated carbocycles. The van der Waals surface area contributed by atoms with Crippen molar-refractivity contribution in [1.29, 1.82) is 0 Å². The van der Waals surface area contributed by atoms with E-state index >= 15 is 0 Å². The highest BCUT2D eigenvalue weighted by molar-refractivity contribution is 9.09. The maximum Gasteiger partial charge on any atom is 0.310 e. The molecule has 6 atom stereocenters. The van der Waals surface area contributed by atoms with Crippen LogP contribution in [-0.2, 0) is 14.3 Å². The van der Waals surface area contributed by atoms with E-state index in [1.807, 2.05) is 0 Å². The van der Waals surface area contributed by atoms with Gasteiger partial charge in [-0.1, -0.05) is 39.1 Å². The molecule has 8 heteroatoms. The summed E-state index contributed by atoms with van der Waals surface area (Å²) in [5.41, 5.74) is 0.640. The Balaban J connectivity index is 1.28. The molecule has 1 saturated heterocycles. The summed E-state index contributed by atoms with van der Waals surface area (Å²) in [6.07, 6.45) is 0.765. The minimum atomic E-state index is -0.362. The first kappa shape index (κ1) is 19.2. The van der Waals surface area contributed by atoms with E-state index < -0.39 is 0 Å². The van der Waals surface area contributed by atoms with Crippen molar-refractivity contribution in [2.75, 3.05) is 5.32 Å². The van der Waals surface area contributed by atoms with E-state index in [4.69, 9.17) is 32.7 Å². The van der Waals surface area contributed by atoms with E-state index in [-0.39, 0.29) is 46.5 Å². The molecule has 0 spiro atoms. The van der Waals surface area contributed by atoms with Crippen LogP contribution in [0.3, 0.4) is 0 Å². The molecule has 1 N–H and O–H groups in total. The van der Waals surface area contributed by atoms with Gasteiger partial charge in [-0.25, -0.2) is 0 Å². The number of rotatable bonds is 4. The lowest BCUT2D eigenvalue weighted by Gasteiger charge is -2.27. The number of esters is 1. The molecule has 3 fully saturated rings. The highest BCUT2D eigenvalue weighted by atomic mass is 79.9. The maximum atomic E-state index is 12.9. The molecule has 2 bridgehead atoms. The normalized spacial score (nSPS) is 31.6. The summed E-state index contributed by atoms with van der Waals surface area (Å²) in [4.78, 5) is 25.2. The number of carbonyl (C=O) groups is 2. The van der Waals surface area contributed by atoms with Crippen LogP contribution < -0.4 is 10.1 Å². The van der Waals surface area contributed by atoms with Crippen LogP contribution in [-0.4, -0.2) is 22.8 Å². The van der Waals surface area contributed by atoms with Gasteiger partial charge in [0.05, 0.1) is 21.7 Å². The van der Waals surface area contributed by atoms with E-state index in [2.05, 4.69) is 21.2 Å². The molecule has 0 unspecified atom stereocenters. The number of nitrogens with one attached hydrogen (secondary N) is 1. The Kier molecular flexibility index (Phi) is 4.76. The third-order valence-electron chi connectivity index (χ3n) is 6.07. The SMILES string of the molecule is O=C(Nc1ccc(Oc2ccc(Cl)cc2Cl)cc1)[C@H]1[C@@H]2C[C@H]3[C@H](OC(=O)[C@@H]31)[C@@H]2Br.